The second-order valence-corrected chi connectivity index (χ2v) is 5.47. The fraction of sp³-hybridized carbons (Fsp3) is 0.667. The smallest absolute Gasteiger partial charge is 0.328 e. The van der Waals surface area contributed by atoms with Crippen molar-refractivity contribution >= 4 is 17.6 Å². The van der Waals surface area contributed by atoms with Crippen LogP contribution in [-0.4, -0.2) is 35.6 Å². The first-order chi connectivity index (χ1) is 9.88. The van der Waals surface area contributed by atoms with Crippen LogP contribution in [0.3, 0.4) is 0 Å². The van der Waals surface area contributed by atoms with Crippen molar-refractivity contribution in [3.8, 4) is 0 Å². The minimum atomic E-state index is -0.405. The minimum absolute atomic E-state index is 0.274. The Morgan fingerprint density at radius 2 is 1.86 bits per heavy atom. The molecule has 1 heterocycles. The number of hydrogen-bond donors (Lipinski definition) is 2. The Kier molecular flexibility index (Phi) is 6.39. The lowest BCUT2D eigenvalue weighted by molar-refractivity contribution is -0.141. The van der Waals surface area contributed by atoms with Gasteiger partial charge in [-0.25, -0.2) is 14.8 Å². The molecular weight excluding hydrogens is 268 g/mol. The second-order valence-electron chi connectivity index (χ2n) is 5.47. The maximum Gasteiger partial charge on any atom is 0.328 e. The fourth-order valence-corrected chi connectivity index (χ4v) is 2.10. The van der Waals surface area contributed by atoms with E-state index in [1.54, 1.807) is 0 Å². The van der Waals surface area contributed by atoms with Crippen LogP contribution in [0.25, 0.3) is 0 Å². The molecule has 0 fully saturated rings. The first-order valence-corrected chi connectivity index (χ1v) is 7.32. The standard InChI is InChI=1S/C15H26N4O2/c1-7-16-13-10(4)14(18-11(5)17-13)19-12(8-9(2)3)15(20)21-6/h9,12H,7-8H2,1-6H3,(H2,16,17,18,19). The highest BCUT2D eigenvalue weighted by molar-refractivity contribution is 5.79. The first-order valence-electron chi connectivity index (χ1n) is 7.32. The molecule has 118 valence electrons. The summed E-state index contributed by atoms with van der Waals surface area (Å²) >= 11 is 0. The summed E-state index contributed by atoms with van der Waals surface area (Å²) in [4.78, 5) is 20.7. The van der Waals surface area contributed by atoms with E-state index in [2.05, 4.69) is 34.4 Å². The molecule has 2 N–H and O–H groups in total. The molecule has 0 spiro atoms. The van der Waals surface area contributed by atoms with Crippen LogP contribution in [0.2, 0.25) is 0 Å². The summed E-state index contributed by atoms with van der Waals surface area (Å²) in [7, 11) is 1.40. The normalized spacial score (nSPS) is 12.1. The van der Waals surface area contributed by atoms with Crippen LogP contribution in [0, 0.1) is 19.8 Å². The van der Waals surface area contributed by atoms with E-state index in [9.17, 15) is 4.79 Å². The van der Waals surface area contributed by atoms with Crippen molar-refractivity contribution in [1.82, 2.24) is 9.97 Å². The lowest BCUT2D eigenvalue weighted by Gasteiger charge is -2.21. The highest BCUT2D eigenvalue weighted by Gasteiger charge is 2.22. The molecule has 0 saturated heterocycles. The van der Waals surface area contributed by atoms with Gasteiger partial charge in [-0.05, 0) is 33.1 Å². The Balaban J connectivity index is 3.05. The van der Waals surface area contributed by atoms with Crippen LogP contribution in [0.5, 0.6) is 0 Å². The summed E-state index contributed by atoms with van der Waals surface area (Å²) in [6.07, 6.45) is 0.686. The van der Waals surface area contributed by atoms with Crippen LogP contribution in [0.1, 0.15) is 38.6 Å². The molecule has 1 aromatic rings. The molecular formula is C15H26N4O2. The van der Waals surface area contributed by atoms with Crippen molar-refractivity contribution in [2.24, 2.45) is 5.92 Å². The Hall–Kier alpha value is -1.85. The molecule has 0 saturated carbocycles. The third kappa shape index (κ3) is 4.88. The second kappa shape index (κ2) is 7.81. The summed E-state index contributed by atoms with van der Waals surface area (Å²) in [6.45, 7) is 10.7. The van der Waals surface area contributed by atoms with Gasteiger partial charge in [-0.15, -0.1) is 0 Å². The van der Waals surface area contributed by atoms with E-state index in [1.165, 1.54) is 7.11 Å². The molecule has 0 radical (unpaired) electrons. The van der Waals surface area contributed by atoms with Gasteiger partial charge in [0.1, 0.15) is 23.5 Å². The van der Waals surface area contributed by atoms with E-state index in [0.29, 0.717) is 24.0 Å². The molecule has 6 heteroatoms. The molecule has 0 aliphatic carbocycles. The molecule has 1 aromatic heterocycles. The van der Waals surface area contributed by atoms with Crippen LogP contribution in [0.4, 0.5) is 11.6 Å². The number of nitrogens with zero attached hydrogens (tertiary/aromatic N) is 2. The molecule has 0 bridgehead atoms. The van der Waals surface area contributed by atoms with Crippen molar-refractivity contribution in [3.63, 3.8) is 0 Å². The van der Waals surface area contributed by atoms with Crippen molar-refractivity contribution in [3.05, 3.63) is 11.4 Å². The predicted octanol–water partition coefficient (Wildman–Crippen LogP) is 2.52. The van der Waals surface area contributed by atoms with Gasteiger partial charge >= 0.3 is 5.97 Å². The maximum atomic E-state index is 11.9. The molecule has 1 atom stereocenters. The third-order valence-corrected chi connectivity index (χ3v) is 3.11. The molecule has 6 nitrogen and oxygen atoms in total. The fourth-order valence-electron chi connectivity index (χ4n) is 2.10. The van der Waals surface area contributed by atoms with Crippen LogP contribution >= 0.6 is 0 Å². The van der Waals surface area contributed by atoms with E-state index in [4.69, 9.17) is 4.74 Å². The third-order valence-electron chi connectivity index (χ3n) is 3.11. The van der Waals surface area contributed by atoms with Crippen molar-refractivity contribution in [2.75, 3.05) is 24.3 Å². The molecule has 1 rings (SSSR count). The minimum Gasteiger partial charge on any atom is -0.467 e. The summed E-state index contributed by atoms with van der Waals surface area (Å²) < 4.78 is 4.87. The highest BCUT2D eigenvalue weighted by atomic mass is 16.5. The zero-order valence-electron chi connectivity index (χ0n) is 13.8. The van der Waals surface area contributed by atoms with Gasteiger partial charge in [-0.3, -0.25) is 0 Å². The number of anilines is 2. The van der Waals surface area contributed by atoms with Gasteiger partial charge in [0, 0.05) is 12.1 Å². The number of methoxy groups -OCH3 is 1. The number of nitrogens with one attached hydrogen (secondary N) is 2. The number of esters is 1. The van der Waals surface area contributed by atoms with Gasteiger partial charge < -0.3 is 15.4 Å². The topological polar surface area (TPSA) is 76.1 Å². The summed E-state index contributed by atoms with van der Waals surface area (Å²) in [5.41, 5.74) is 0.903. The Morgan fingerprint density at radius 3 is 2.38 bits per heavy atom. The Labute approximate surface area is 126 Å². The van der Waals surface area contributed by atoms with Crippen LogP contribution < -0.4 is 10.6 Å². The van der Waals surface area contributed by atoms with Gasteiger partial charge in [0.25, 0.3) is 0 Å². The van der Waals surface area contributed by atoms with Crippen molar-refractivity contribution in [1.29, 1.82) is 0 Å². The zero-order chi connectivity index (χ0) is 16.0. The van der Waals surface area contributed by atoms with Gasteiger partial charge in [-0.2, -0.15) is 0 Å². The monoisotopic (exact) mass is 294 g/mol. The number of aromatic nitrogens is 2. The largest absolute Gasteiger partial charge is 0.467 e. The predicted molar refractivity (Wildman–Crippen MR) is 84.6 cm³/mol. The van der Waals surface area contributed by atoms with E-state index in [1.807, 2.05) is 20.8 Å². The van der Waals surface area contributed by atoms with E-state index in [-0.39, 0.29) is 5.97 Å². The van der Waals surface area contributed by atoms with Crippen molar-refractivity contribution in [2.45, 2.75) is 47.1 Å². The summed E-state index contributed by atoms with van der Waals surface area (Å²) in [5.74, 6) is 2.23. The quantitative estimate of drug-likeness (QED) is 0.753. The molecule has 0 amide bonds. The molecule has 1 unspecified atom stereocenters. The number of carbonyl (C=O) groups excluding carboxylic acids is 1. The van der Waals surface area contributed by atoms with Crippen LogP contribution in [-0.2, 0) is 9.53 Å². The average Bonchev–Trinajstić information content (AvgIpc) is 2.42. The zero-order valence-corrected chi connectivity index (χ0v) is 13.8. The van der Waals surface area contributed by atoms with Gasteiger partial charge in [0.05, 0.1) is 7.11 Å². The number of carbonyl (C=O) groups is 1. The summed E-state index contributed by atoms with van der Waals surface area (Å²) in [6, 6.07) is -0.405. The van der Waals surface area contributed by atoms with Gasteiger partial charge in [0.2, 0.25) is 0 Å². The molecule has 0 aliphatic rings. The Bertz CT molecular complexity index is 489. The number of rotatable bonds is 7. The van der Waals surface area contributed by atoms with Gasteiger partial charge in [0.15, 0.2) is 0 Å². The van der Waals surface area contributed by atoms with Crippen molar-refractivity contribution < 1.29 is 9.53 Å². The Morgan fingerprint density at radius 1 is 1.24 bits per heavy atom. The molecule has 21 heavy (non-hydrogen) atoms. The highest BCUT2D eigenvalue weighted by Crippen LogP contribution is 2.22. The van der Waals surface area contributed by atoms with Gasteiger partial charge in [-0.1, -0.05) is 13.8 Å². The first kappa shape index (κ1) is 17.2. The summed E-state index contributed by atoms with van der Waals surface area (Å²) in [5, 5.41) is 6.41. The van der Waals surface area contributed by atoms with E-state index >= 15 is 0 Å². The number of aryl methyl sites for hydroxylation is 1. The SMILES string of the molecule is CCNc1nc(C)nc(NC(CC(C)C)C(=O)OC)c1C. The van der Waals surface area contributed by atoms with E-state index < -0.39 is 6.04 Å². The molecule has 0 aromatic carbocycles. The number of ether oxygens (including phenoxy) is 1. The molecule has 0 aliphatic heterocycles. The van der Waals surface area contributed by atoms with Crippen LogP contribution in [0.15, 0.2) is 0 Å². The number of hydrogen-bond acceptors (Lipinski definition) is 6. The lowest BCUT2D eigenvalue weighted by atomic mass is 10.0. The van der Waals surface area contributed by atoms with E-state index in [0.717, 1.165) is 17.9 Å². The average molecular weight is 294 g/mol. The maximum absolute atomic E-state index is 11.9. The lowest BCUT2D eigenvalue weighted by Crippen LogP contribution is -2.33.